The zero-order valence-electron chi connectivity index (χ0n) is 12.4. The Morgan fingerprint density at radius 1 is 1.39 bits per heavy atom. The van der Waals surface area contributed by atoms with Crippen molar-refractivity contribution < 1.29 is 14.5 Å². The second kappa shape index (κ2) is 6.26. The van der Waals surface area contributed by atoms with Gasteiger partial charge in [-0.25, -0.2) is 9.59 Å². The second-order valence-corrected chi connectivity index (χ2v) is 4.57. The van der Waals surface area contributed by atoms with E-state index in [1.807, 2.05) is 0 Å². The Labute approximate surface area is 129 Å². The summed E-state index contributed by atoms with van der Waals surface area (Å²) >= 11 is 0. The van der Waals surface area contributed by atoms with Crippen molar-refractivity contribution in [2.45, 2.75) is 6.92 Å². The largest absolute Gasteiger partial charge is 0.462 e. The van der Waals surface area contributed by atoms with Gasteiger partial charge in [-0.05, 0) is 6.92 Å². The average molecular weight is 319 g/mol. The Morgan fingerprint density at radius 3 is 2.70 bits per heavy atom. The molecule has 0 saturated carbocycles. The summed E-state index contributed by atoms with van der Waals surface area (Å²) < 4.78 is 5.56. The van der Waals surface area contributed by atoms with Crippen LogP contribution in [0.4, 0.5) is 5.69 Å². The van der Waals surface area contributed by atoms with Gasteiger partial charge in [-0.15, -0.1) is 0 Å². The van der Waals surface area contributed by atoms with Crippen LogP contribution in [0.1, 0.15) is 17.3 Å². The number of rotatable bonds is 4. The van der Waals surface area contributed by atoms with Gasteiger partial charge in [-0.3, -0.25) is 19.5 Å². The molecule has 0 unspecified atom stereocenters. The van der Waals surface area contributed by atoms with E-state index in [2.05, 4.69) is 4.98 Å². The molecule has 2 aromatic rings. The zero-order chi connectivity index (χ0) is 17.1. The molecule has 0 spiro atoms. The first kappa shape index (κ1) is 16.1. The number of nitro groups is 1. The molecule has 0 saturated heterocycles. The van der Waals surface area contributed by atoms with E-state index in [0.29, 0.717) is 0 Å². The number of hydrogen-bond donors (Lipinski definition) is 1. The van der Waals surface area contributed by atoms with Gasteiger partial charge in [0.1, 0.15) is 5.56 Å². The Bertz CT molecular complexity index is 896. The number of aromatic nitrogens is 2. The van der Waals surface area contributed by atoms with Crippen LogP contribution in [0.25, 0.3) is 11.3 Å². The minimum Gasteiger partial charge on any atom is -0.462 e. The predicted octanol–water partition coefficient (Wildman–Crippen LogP) is 0.825. The van der Waals surface area contributed by atoms with Crippen molar-refractivity contribution in [3.05, 3.63) is 60.8 Å². The molecule has 120 valence electrons. The van der Waals surface area contributed by atoms with Gasteiger partial charge >= 0.3 is 11.7 Å². The quantitative estimate of drug-likeness (QED) is 0.505. The molecular formula is C14H13N3O6. The van der Waals surface area contributed by atoms with E-state index in [1.54, 1.807) is 6.92 Å². The first-order chi connectivity index (χ1) is 10.9. The monoisotopic (exact) mass is 319 g/mol. The highest BCUT2D eigenvalue weighted by Gasteiger charge is 2.22. The summed E-state index contributed by atoms with van der Waals surface area (Å²) in [6.07, 6.45) is 0. The number of carbonyl (C=O) groups excluding carboxylic acids is 1. The Morgan fingerprint density at radius 2 is 2.09 bits per heavy atom. The summed E-state index contributed by atoms with van der Waals surface area (Å²) in [5.41, 5.74) is -2.15. The van der Waals surface area contributed by atoms with Crippen molar-refractivity contribution in [3.63, 3.8) is 0 Å². The topological polar surface area (TPSA) is 124 Å². The average Bonchev–Trinajstić information content (AvgIpc) is 2.52. The summed E-state index contributed by atoms with van der Waals surface area (Å²) in [4.78, 5) is 48.7. The van der Waals surface area contributed by atoms with E-state index >= 15 is 0 Å². The lowest BCUT2D eigenvalue weighted by Gasteiger charge is -2.09. The number of nitrogens with zero attached hydrogens (tertiary/aromatic N) is 2. The van der Waals surface area contributed by atoms with E-state index in [-0.39, 0.29) is 29.1 Å². The molecule has 0 amide bonds. The van der Waals surface area contributed by atoms with Crippen LogP contribution in [0.3, 0.4) is 0 Å². The molecule has 1 aromatic carbocycles. The standard InChI is InChI=1S/C14H13N3O6/c1-3-23-13(19)10-11(15-14(20)16(2)12(10)18)8-5-4-6-9(7-8)17(21)22/h4-7H,3H2,1-2H3,(H,15,20). The lowest BCUT2D eigenvalue weighted by atomic mass is 10.1. The summed E-state index contributed by atoms with van der Waals surface area (Å²) in [6.45, 7) is 1.61. The van der Waals surface area contributed by atoms with Crippen molar-refractivity contribution in [2.75, 3.05) is 6.61 Å². The number of esters is 1. The smallest absolute Gasteiger partial charge is 0.345 e. The number of ether oxygens (including phenoxy) is 1. The highest BCUT2D eigenvalue weighted by atomic mass is 16.6. The van der Waals surface area contributed by atoms with E-state index in [4.69, 9.17) is 4.74 Å². The molecule has 23 heavy (non-hydrogen) atoms. The number of nitrogens with one attached hydrogen (secondary N) is 1. The van der Waals surface area contributed by atoms with Gasteiger partial charge in [-0.1, -0.05) is 12.1 Å². The lowest BCUT2D eigenvalue weighted by molar-refractivity contribution is -0.384. The third kappa shape index (κ3) is 3.03. The number of H-pyrrole nitrogens is 1. The molecule has 1 heterocycles. The van der Waals surface area contributed by atoms with Crippen molar-refractivity contribution in [1.29, 1.82) is 0 Å². The predicted molar refractivity (Wildman–Crippen MR) is 80.4 cm³/mol. The normalized spacial score (nSPS) is 10.3. The Kier molecular flexibility index (Phi) is 4.39. The molecule has 0 radical (unpaired) electrons. The maximum Gasteiger partial charge on any atom is 0.345 e. The van der Waals surface area contributed by atoms with Crippen molar-refractivity contribution in [2.24, 2.45) is 7.05 Å². The van der Waals surface area contributed by atoms with Gasteiger partial charge in [0.2, 0.25) is 0 Å². The summed E-state index contributed by atoms with van der Waals surface area (Å²) in [6, 6.07) is 5.25. The van der Waals surface area contributed by atoms with E-state index in [0.717, 1.165) is 10.6 Å². The highest BCUT2D eigenvalue weighted by molar-refractivity contribution is 5.95. The molecule has 0 atom stereocenters. The third-order valence-electron chi connectivity index (χ3n) is 3.13. The minimum atomic E-state index is -0.911. The van der Waals surface area contributed by atoms with Crippen molar-refractivity contribution in [1.82, 2.24) is 9.55 Å². The fourth-order valence-electron chi connectivity index (χ4n) is 2.00. The summed E-state index contributed by atoms with van der Waals surface area (Å²) in [5.74, 6) is -0.911. The molecule has 2 rings (SSSR count). The van der Waals surface area contributed by atoms with Crippen LogP contribution in [-0.2, 0) is 11.8 Å². The fraction of sp³-hybridized carbons (Fsp3) is 0.214. The Balaban J connectivity index is 2.78. The van der Waals surface area contributed by atoms with Crippen LogP contribution in [0.15, 0.2) is 33.9 Å². The molecule has 9 nitrogen and oxygen atoms in total. The van der Waals surface area contributed by atoms with E-state index in [1.165, 1.54) is 25.2 Å². The van der Waals surface area contributed by atoms with Crippen molar-refractivity contribution >= 4 is 11.7 Å². The van der Waals surface area contributed by atoms with Crippen LogP contribution >= 0.6 is 0 Å². The maximum atomic E-state index is 12.2. The maximum absolute atomic E-state index is 12.2. The van der Waals surface area contributed by atoms with Gasteiger partial charge in [0.25, 0.3) is 11.2 Å². The number of carbonyl (C=O) groups is 1. The van der Waals surface area contributed by atoms with Crippen LogP contribution in [-0.4, -0.2) is 27.1 Å². The number of hydrogen-bond acceptors (Lipinski definition) is 6. The van der Waals surface area contributed by atoms with Crippen LogP contribution in [0.2, 0.25) is 0 Å². The van der Waals surface area contributed by atoms with Gasteiger partial charge in [0.05, 0.1) is 17.2 Å². The molecule has 1 aromatic heterocycles. The van der Waals surface area contributed by atoms with Crippen LogP contribution in [0, 0.1) is 10.1 Å². The van der Waals surface area contributed by atoms with Gasteiger partial charge in [-0.2, -0.15) is 0 Å². The first-order valence-electron chi connectivity index (χ1n) is 6.62. The SMILES string of the molecule is CCOC(=O)c1c(-c2cccc([N+](=O)[O-])c2)[nH]c(=O)n(C)c1=O. The summed E-state index contributed by atoms with van der Waals surface area (Å²) in [7, 11) is 1.21. The number of non-ortho nitro benzene ring substituents is 1. The molecule has 9 heteroatoms. The lowest BCUT2D eigenvalue weighted by Crippen LogP contribution is -2.37. The molecule has 0 aliphatic carbocycles. The van der Waals surface area contributed by atoms with E-state index < -0.39 is 22.1 Å². The molecule has 0 aliphatic heterocycles. The highest BCUT2D eigenvalue weighted by Crippen LogP contribution is 2.23. The zero-order valence-corrected chi connectivity index (χ0v) is 12.4. The van der Waals surface area contributed by atoms with Gasteiger partial charge in [0.15, 0.2) is 0 Å². The molecule has 0 fully saturated rings. The van der Waals surface area contributed by atoms with Crippen molar-refractivity contribution in [3.8, 4) is 11.3 Å². The van der Waals surface area contributed by atoms with Crippen LogP contribution < -0.4 is 11.2 Å². The molecule has 0 bridgehead atoms. The molecular weight excluding hydrogens is 306 g/mol. The molecule has 0 aliphatic rings. The molecule has 1 N–H and O–H groups in total. The number of aromatic amines is 1. The fourth-order valence-corrected chi connectivity index (χ4v) is 2.00. The van der Waals surface area contributed by atoms with Gasteiger partial charge in [0, 0.05) is 24.7 Å². The van der Waals surface area contributed by atoms with Gasteiger partial charge < -0.3 is 9.72 Å². The van der Waals surface area contributed by atoms with Crippen LogP contribution in [0.5, 0.6) is 0 Å². The third-order valence-corrected chi connectivity index (χ3v) is 3.13. The number of nitro benzene ring substituents is 1. The summed E-state index contributed by atoms with van der Waals surface area (Å²) in [5, 5.41) is 10.9. The Hall–Kier alpha value is -3.23. The van der Waals surface area contributed by atoms with E-state index in [9.17, 15) is 24.5 Å². The first-order valence-corrected chi connectivity index (χ1v) is 6.62. The minimum absolute atomic E-state index is 0.0372. The number of benzene rings is 1. The second-order valence-electron chi connectivity index (χ2n) is 4.57.